The zero-order chi connectivity index (χ0) is 9.97. The summed E-state index contributed by atoms with van der Waals surface area (Å²) < 4.78 is 0. The molecule has 0 saturated heterocycles. The van der Waals surface area contributed by atoms with Gasteiger partial charge in [-0.3, -0.25) is 5.10 Å². The Morgan fingerprint density at radius 2 is 2.00 bits per heavy atom. The molecule has 5 heteroatoms. The van der Waals surface area contributed by atoms with Gasteiger partial charge in [0.25, 0.3) is 0 Å². The fourth-order valence-electron chi connectivity index (χ4n) is 2.15. The minimum absolute atomic E-state index is 0.0277. The van der Waals surface area contributed by atoms with Crippen LogP contribution in [0.15, 0.2) is 0 Å². The van der Waals surface area contributed by atoms with Gasteiger partial charge in [0, 0.05) is 0 Å². The maximum Gasteiger partial charge on any atom is 0.239 e. The zero-order valence-electron chi connectivity index (χ0n) is 8.24. The molecule has 1 atom stereocenters. The number of aromatic amines is 1. The molecular formula is C9H17N5. The molecule has 1 saturated carbocycles. The summed E-state index contributed by atoms with van der Waals surface area (Å²) in [7, 11) is 0. The third-order valence-electron chi connectivity index (χ3n) is 2.99. The van der Waals surface area contributed by atoms with Gasteiger partial charge in [-0.15, -0.1) is 5.10 Å². The number of anilines is 1. The third kappa shape index (κ3) is 1.87. The van der Waals surface area contributed by atoms with Crippen LogP contribution in [0, 0.1) is 5.92 Å². The average Bonchev–Trinajstić information content (AvgIpc) is 2.65. The summed E-state index contributed by atoms with van der Waals surface area (Å²) in [5, 5.41) is 6.59. The van der Waals surface area contributed by atoms with Gasteiger partial charge in [-0.1, -0.05) is 19.3 Å². The number of nitrogen functional groups attached to an aromatic ring is 1. The molecule has 78 valence electrons. The van der Waals surface area contributed by atoms with E-state index in [9.17, 15) is 0 Å². The van der Waals surface area contributed by atoms with Crippen LogP contribution in [0.1, 0.15) is 44.0 Å². The quantitative estimate of drug-likeness (QED) is 0.655. The highest BCUT2D eigenvalue weighted by molar-refractivity contribution is 5.14. The van der Waals surface area contributed by atoms with E-state index in [4.69, 9.17) is 11.5 Å². The molecule has 1 aliphatic rings. The van der Waals surface area contributed by atoms with Crippen molar-refractivity contribution in [2.45, 2.75) is 38.1 Å². The Bertz CT molecular complexity index is 289. The number of nitrogens with zero attached hydrogens (tertiary/aromatic N) is 2. The normalized spacial score (nSPS) is 20.9. The molecule has 1 heterocycles. The Balaban J connectivity index is 2.03. The number of hydrogen-bond donors (Lipinski definition) is 3. The molecule has 0 amide bonds. The smallest absolute Gasteiger partial charge is 0.239 e. The van der Waals surface area contributed by atoms with Crippen LogP contribution in [0.4, 0.5) is 5.95 Å². The van der Waals surface area contributed by atoms with E-state index in [0.29, 0.717) is 5.92 Å². The SMILES string of the molecule is Nc1n[nH]c(C(N)C2CCCCC2)n1. The predicted octanol–water partition coefficient (Wildman–Crippen LogP) is 0.967. The zero-order valence-corrected chi connectivity index (χ0v) is 8.24. The summed E-state index contributed by atoms with van der Waals surface area (Å²) in [5.74, 6) is 1.55. The van der Waals surface area contributed by atoms with Crippen molar-refractivity contribution >= 4 is 5.95 Å². The summed E-state index contributed by atoms with van der Waals surface area (Å²) in [5.41, 5.74) is 11.5. The van der Waals surface area contributed by atoms with E-state index in [2.05, 4.69) is 15.2 Å². The van der Waals surface area contributed by atoms with E-state index in [1.54, 1.807) is 0 Å². The number of H-pyrrole nitrogens is 1. The third-order valence-corrected chi connectivity index (χ3v) is 2.99. The highest BCUT2D eigenvalue weighted by Gasteiger charge is 2.23. The second-order valence-electron chi connectivity index (χ2n) is 4.00. The van der Waals surface area contributed by atoms with Gasteiger partial charge >= 0.3 is 0 Å². The first-order chi connectivity index (χ1) is 6.77. The largest absolute Gasteiger partial charge is 0.367 e. The van der Waals surface area contributed by atoms with Crippen molar-refractivity contribution in [1.29, 1.82) is 0 Å². The second kappa shape index (κ2) is 3.96. The van der Waals surface area contributed by atoms with Crippen molar-refractivity contribution in [3.05, 3.63) is 5.82 Å². The fraction of sp³-hybridized carbons (Fsp3) is 0.778. The lowest BCUT2D eigenvalue weighted by Crippen LogP contribution is -2.24. The Labute approximate surface area is 83.3 Å². The Morgan fingerprint density at radius 1 is 1.29 bits per heavy atom. The molecule has 0 spiro atoms. The van der Waals surface area contributed by atoms with E-state index in [1.807, 2.05) is 0 Å². The summed E-state index contributed by atoms with van der Waals surface area (Å²) in [6, 6.07) is -0.0277. The molecule has 0 radical (unpaired) electrons. The predicted molar refractivity (Wildman–Crippen MR) is 54.3 cm³/mol. The van der Waals surface area contributed by atoms with Gasteiger partial charge in [0.15, 0.2) is 0 Å². The van der Waals surface area contributed by atoms with Crippen LogP contribution in [0.3, 0.4) is 0 Å². The second-order valence-corrected chi connectivity index (χ2v) is 4.00. The minimum Gasteiger partial charge on any atom is -0.367 e. The lowest BCUT2D eigenvalue weighted by Gasteiger charge is -2.25. The van der Waals surface area contributed by atoms with E-state index in [1.165, 1.54) is 32.1 Å². The van der Waals surface area contributed by atoms with Crippen LogP contribution in [-0.4, -0.2) is 15.2 Å². The molecule has 0 aliphatic heterocycles. The number of nitrogens with one attached hydrogen (secondary N) is 1. The molecule has 1 fully saturated rings. The van der Waals surface area contributed by atoms with Crippen LogP contribution < -0.4 is 11.5 Å². The number of hydrogen-bond acceptors (Lipinski definition) is 4. The lowest BCUT2D eigenvalue weighted by atomic mass is 9.84. The van der Waals surface area contributed by atoms with Gasteiger partial charge in [0.05, 0.1) is 6.04 Å². The number of rotatable bonds is 2. The molecule has 14 heavy (non-hydrogen) atoms. The van der Waals surface area contributed by atoms with Crippen molar-refractivity contribution in [2.24, 2.45) is 11.7 Å². The van der Waals surface area contributed by atoms with Crippen LogP contribution in [0.25, 0.3) is 0 Å². The topological polar surface area (TPSA) is 93.6 Å². The average molecular weight is 195 g/mol. The standard InChI is InChI=1S/C9H17N5/c10-7(6-4-2-1-3-5-6)8-12-9(11)14-13-8/h6-7H,1-5,10H2,(H3,11,12,13,14). The molecule has 1 aliphatic carbocycles. The first kappa shape index (κ1) is 9.45. The molecule has 1 aromatic rings. The van der Waals surface area contributed by atoms with Gasteiger partial charge < -0.3 is 11.5 Å². The monoisotopic (exact) mass is 195 g/mol. The maximum atomic E-state index is 6.09. The van der Waals surface area contributed by atoms with Gasteiger partial charge in [-0.25, -0.2) is 0 Å². The van der Waals surface area contributed by atoms with Crippen molar-refractivity contribution in [3.63, 3.8) is 0 Å². The van der Waals surface area contributed by atoms with Gasteiger partial charge in [0.2, 0.25) is 5.95 Å². The van der Waals surface area contributed by atoms with Crippen LogP contribution >= 0.6 is 0 Å². The Morgan fingerprint density at radius 3 is 2.57 bits per heavy atom. The highest BCUT2D eigenvalue weighted by Crippen LogP contribution is 2.31. The fourth-order valence-corrected chi connectivity index (χ4v) is 2.15. The van der Waals surface area contributed by atoms with E-state index in [0.717, 1.165) is 5.82 Å². The van der Waals surface area contributed by atoms with Gasteiger partial charge in [0.1, 0.15) is 5.82 Å². The first-order valence-corrected chi connectivity index (χ1v) is 5.20. The van der Waals surface area contributed by atoms with Gasteiger partial charge in [-0.2, -0.15) is 4.98 Å². The Hall–Kier alpha value is -1.10. The minimum atomic E-state index is -0.0277. The first-order valence-electron chi connectivity index (χ1n) is 5.20. The number of aromatic nitrogens is 3. The van der Waals surface area contributed by atoms with Crippen LogP contribution in [-0.2, 0) is 0 Å². The van der Waals surface area contributed by atoms with Crippen LogP contribution in [0.5, 0.6) is 0 Å². The van der Waals surface area contributed by atoms with Crippen molar-refractivity contribution in [2.75, 3.05) is 5.73 Å². The van der Waals surface area contributed by atoms with Gasteiger partial charge in [-0.05, 0) is 18.8 Å². The summed E-state index contributed by atoms with van der Waals surface area (Å²) in [6.07, 6.45) is 6.29. The lowest BCUT2D eigenvalue weighted by molar-refractivity contribution is 0.301. The Kier molecular flexibility index (Phi) is 2.67. The number of nitrogens with two attached hydrogens (primary N) is 2. The summed E-state index contributed by atoms with van der Waals surface area (Å²) >= 11 is 0. The summed E-state index contributed by atoms with van der Waals surface area (Å²) in [6.45, 7) is 0. The van der Waals surface area contributed by atoms with E-state index < -0.39 is 0 Å². The molecule has 0 bridgehead atoms. The molecule has 1 aromatic heterocycles. The summed E-state index contributed by atoms with van der Waals surface area (Å²) in [4.78, 5) is 4.07. The molecule has 5 nitrogen and oxygen atoms in total. The van der Waals surface area contributed by atoms with E-state index in [-0.39, 0.29) is 12.0 Å². The molecular weight excluding hydrogens is 178 g/mol. The maximum absolute atomic E-state index is 6.09. The van der Waals surface area contributed by atoms with Crippen molar-refractivity contribution < 1.29 is 0 Å². The van der Waals surface area contributed by atoms with E-state index >= 15 is 0 Å². The molecule has 5 N–H and O–H groups in total. The highest BCUT2D eigenvalue weighted by atomic mass is 15.3. The van der Waals surface area contributed by atoms with Crippen LogP contribution in [0.2, 0.25) is 0 Å². The molecule has 1 unspecified atom stereocenters. The van der Waals surface area contributed by atoms with Crippen molar-refractivity contribution in [3.8, 4) is 0 Å². The molecule has 2 rings (SSSR count). The van der Waals surface area contributed by atoms with Crippen molar-refractivity contribution in [1.82, 2.24) is 15.2 Å². The molecule has 0 aromatic carbocycles.